The van der Waals surface area contributed by atoms with Crippen molar-refractivity contribution >= 4 is 17.1 Å². The van der Waals surface area contributed by atoms with Gasteiger partial charge in [-0.25, -0.2) is 0 Å². The molecule has 9 nitrogen and oxygen atoms in total. The van der Waals surface area contributed by atoms with Gasteiger partial charge < -0.3 is 20.1 Å². The highest BCUT2D eigenvalue weighted by molar-refractivity contribution is 5.75. The molecule has 0 unspecified atom stereocenters. The molecule has 3 aromatic rings. The zero-order valence-corrected chi connectivity index (χ0v) is 18.3. The van der Waals surface area contributed by atoms with Crippen LogP contribution in [0, 0.1) is 11.8 Å². The number of aliphatic hydroxyl groups is 1. The van der Waals surface area contributed by atoms with Crippen molar-refractivity contribution in [3.63, 3.8) is 0 Å². The van der Waals surface area contributed by atoms with Crippen molar-refractivity contribution in [1.82, 2.24) is 24.4 Å². The van der Waals surface area contributed by atoms with Gasteiger partial charge in [0.25, 0.3) is 5.56 Å². The number of benzene rings is 1. The number of hydrogen-bond acceptors (Lipinski definition) is 7. The fourth-order valence-electron chi connectivity index (χ4n) is 3.83. The minimum atomic E-state index is -0.217. The summed E-state index contributed by atoms with van der Waals surface area (Å²) < 4.78 is 9.03. The van der Waals surface area contributed by atoms with Crippen molar-refractivity contribution in [3.8, 4) is 17.9 Å². The lowest BCUT2D eigenvalue weighted by atomic mass is 10.1. The first-order valence-corrected chi connectivity index (χ1v) is 10.9. The van der Waals surface area contributed by atoms with Crippen molar-refractivity contribution in [2.24, 2.45) is 0 Å². The smallest absolute Gasteiger partial charge is 0.301 e. The van der Waals surface area contributed by atoms with E-state index in [1.54, 1.807) is 6.92 Å². The van der Waals surface area contributed by atoms with Gasteiger partial charge in [-0.05, 0) is 18.9 Å². The Bertz CT molecular complexity index is 1170. The van der Waals surface area contributed by atoms with E-state index >= 15 is 0 Å². The van der Waals surface area contributed by atoms with Gasteiger partial charge in [0.05, 0.1) is 13.2 Å². The molecule has 0 aliphatic carbocycles. The molecule has 1 saturated heterocycles. The summed E-state index contributed by atoms with van der Waals surface area (Å²) in [5.74, 6) is 6.67. The third-order valence-electron chi connectivity index (χ3n) is 5.41. The number of aliphatic hydroxyl groups excluding tert-OH is 1. The topological polar surface area (TPSA) is 97.4 Å². The molecule has 32 heavy (non-hydrogen) atoms. The van der Waals surface area contributed by atoms with E-state index in [0.717, 1.165) is 31.7 Å². The van der Waals surface area contributed by atoms with Crippen LogP contribution < -0.4 is 20.5 Å². The van der Waals surface area contributed by atoms with Gasteiger partial charge in [-0.2, -0.15) is 9.97 Å². The van der Waals surface area contributed by atoms with E-state index in [2.05, 4.69) is 27.0 Å². The van der Waals surface area contributed by atoms with Crippen molar-refractivity contribution in [2.75, 3.05) is 44.3 Å². The monoisotopic (exact) mass is 436 g/mol. The molecule has 0 spiro atoms. The molecule has 1 aliphatic rings. The Kier molecular flexibility index (Phi) is 7.04. The Morgan fingerprint density at radius 1 is 1.16 bits per heavy atom. The summed E-state index contributed by atoms with van der Waals surface area (Å²) >= 11 is 0. The van der Waals surface area contributed by atoms with Crippen LogP contribution in [0.15, 0.2) is 35.1 Å². The predicted molar refractivity (Wildman–Crippen MR) is 123 cm³/mol. The van der Waals surface area contributed by atoms with Gasteiger partial charge in [0.2, 0.25) is 5.95 Å². The van der Waals surface area contributed by atoms with E-state index in [4.69, 9.17) is 9.72 Å². The summed E-state index contributed by atoms with van der Waals surface area (Å²) in [4.78, 5) is 25.1. The molecule has 168 valence electrons. The van der Waals surface area contributed by atoms with Crippen LogP contribution in [0.2, 0.25) is 0 Å². The predicted octanol–water partition coefficient (Wildman–Crippen LogP) is 0.640. The van der Waals surface area contributed by atoms with E-state index in [-0.39, 0.29) is 24.8 Å². The number of anilines is 1. The Morgan fingerprint density at radius 2 is 1.94 bits per heavy atom. The van der Waals surface area contributed by atoms with Gasteiger partial charge in [0.1, 0.15) is 6.61 Å². The number of aromatic nitrogens is 4. The number of nitrogens with zero attached hydrogens (tertiary/aromatic N) is 5. The summed E-state index contributed by atoms with van der Waals surface area (Å²) in [7, 11) is 0. The van der Waals surface area contributed by atoms with Gasteiger partial charge >= 0.3 is 6.01 Å². The molecule has 1 aliphatic heterocycles. The van der Waals surface area contributed by atoms with Crippen molar-refractivity contribution in [2.45, 2.75) is 26.4 Å². The fourth-order valence-corrected chi connectivity index (χ4v) is 3.83. The third-order valence-corrected chi connectivity index (χ3v) is 5.41. The number of fused-ring (bicyclic) bond motifs is 1. The number of ether oxygens (including phenoxy) is 1. The fraction of sp³-hybridized carbons (Fsp3) is 0.435. The van der Waals surface area contributed by atoms with Crippen LogP contribution in [0.5, 0.6) is 6.01 Å². The maximum Gasteiger partial charge on any atom is 0.301 e. The molecule has 4 rings (SSSR count). The van der Waals surface area contributed by atoms with Crippen LogP contribution in [0.3, 0.4) is 0 Å². The molecule has 0 bridgehead atoms. The van der Waals surface area contributed by atoms with Crippen LogP contribution in [0.4, 0.5) is 5.95 Å². The van der Waals surface area contributed by atoms with E-state index in [0.29, 0.717) is 36.6 Å². The van der Waals surface area contributed by atoms with Crippen LogP contribution >= 0.6 is 0 Å². The second-order valence-electron chi connectivity index (χ2n) is 7.49. The van der Waals surface area contributed by atoms with Gasteiger partial charge in [-0.1, -0.05) is 36.3 Å². The quantitative estimate of drug-likeness (QED) is 0.500. The summed E-state index contributed by atoms with van der Waals surface area (Å²) in [5.41, 5.74) is 1.65. The number of imidazole rings is 1. The van der Waals surface area contributed by atoms with Crippen LogP contribution in [0.25, 0.3) is 11.2 Å². The van der Waals surface area contributed by atoms with Crippen molar-refractivity contribution < 1.29 is 9.84 Å². The lowest BCUT2D eigenvalue weighted by molar-refractivity contribution is 0.184. The molecular formula is C23H28N6O3. The maximum atomic E-state index is 13.7. The lowest BCUT2D eigenvalue weighted by Crippen LogP contribution is -2.44. The van der Waals surface area contributed by atoms with E-state index in [9.17, 15) is 9.90 Å². The van der Waals surface area contributed by atoms with Crippen LogP contribution in [0.1, 0.15) is 12.5 Å². The molecule has 0 atom stereocenters. The number of nitrogens with one attached hydrogen (secondary N) is 1. The van der Waals surface area contributed by atoms with Gasteiger partial charge in [0.15, 0.2) is 11.2 Å². The molecule has 2 N–H and O–H groups in total. The summed E-state index contributed by atoms with van der Waals surface area (Å²) in [5, 5.41) is 12.6. The first-order chi connectivity index (χ1) is 15.7. The molecule has 1 aromatic carbocycles. The van der Waals surface area contributed by atoms with Gasteiger partial charge in [-0.15, -0.1) is 5.92 Å². The zero-order valence-electron chi connectivity index (χ0n) is 18.3. The largest absolute Gasteiger partial charge is 0.462 e. The average Bonchev–Trinajstić information content (AvgIpc) is 3.20. The second-order valence-corrected chi connectivity index (χ2v) is 7.49. The number of hydrogen-bond donors (Lipinski definition) is 2. The zero-order chi connectivity index (χ0) is 22.3. The van der Waals surface area contributed by atoms with Gasteiger partial charge in [0, 0.05) is 32.7 Å². The Morgan fingerprint density at radius 3 is 2.66 bits per heavy atom. The molecule has 0 amide bonds. The van der Waals surface area contributed by atoms with E-state index < -0.39 is 0 Å². The molecule has 0 radical (unpaired) electrons. The first-order valence-electron chi connectivity index (χ1n) is 10.9. The average molecular weight is 437 g/mol. The highest BCUT2D eigenvalue weighted by Gasteiger charge is 2.24. The van der Waals surface area contributed by atoms with Crippen LogP contribution in [-0.2, 0) is 19.5 Å². The summed E-state index contributed by atoms with van der Waals surface area (Å²) in [6.45, 7) is 5.71. The highest BCUT2D eigenvalue weighted by Crippen LogP contribution is 2.22. The van der Waals surface area contributed by atoms with E-state index in [1.807, 2.05) is 34.9 Å². The number of piperazine rings is 1. The Hall–Kier alpha value is -3.35. The Balaban J connectivity index is 1.81. The minimum Gasteiger partial charge on any atom is -0.462 e. The summed E-state index contributed by atoms with van der Waals surface area (Å²) in [6.07, 6.45) is 0.650. The Labute approximate surface area is 186 Å². The molecule has 2 aromatic heterocycles. The van der Waals surface area contributed by atoms with Crippen LogP contribution in [-0.4, -0.2) is 63.6 Å². The van der Waals surface area contributed by atoms with Crippen molar-refractivity contribution in [1.29, 1.82) is 0 Å². The minimum absolute atomic E-state index is 0.0515. The third kappa shape index (κ3) is 4.61. The molecule has 3 heterocycles. The molecule has 1 fully saturated rings. The standard InChI is InChI=1S/C23H28N6O3/c1-2-3-12-28-19-20(25-22(28)27-14-10-24-11-15-27)26-23(32-17-16-30)29(21(19)31)13-9-18-7-5-4-6-8-18/h4-8,24,30H,9-17H2,1H3. The van der Waals surface area contributed by atoms with Crippen molar-refractivity contribution in [3.05, 3.63) is 46.2 Å². The highest BCUT2D eigenvalue weighted by atomic mass is 16.5. The molecule has 9 heteroatoms. The molecular weight excluding hydrogens is 408 g/mol. The van der Waals surface area contributed by atoms with Gasteiger partial charge in [-0.3, -0.25) is 13.9 Å². The normalized spacial score (nSPS) is 13.8. The first kappa shape index (κ1) is 21.9. The molecule has 0 saturated carbocycles. The lowest BCUT2D eigenvalue weighted by Gasteiger charge is -2.28. The maximum absolute atomic E-state index is 13.7. The van der Waals surface area contributed by atoms with E-state index in [1.165, 1.54) is 4.57 Å². The summed E-state index contributed by atoms with van der Waals surface area (Å²) in [6, 6.07) is 10.1. The number of rotatable bonds is 8. The number of aryl methyl sites for hydroxylation is 1. The second kappa shape index (κ2) is 10.3. The SMILES string of the molecule is CC#CCn1c(N2CCNCC2)nc2nc(OCCO)n(CCc3ccccc3)c(=O)c21.